The topological polar surface area (TPSA) is 170 Å². The molecule has 3 rings (SSSR count). The number of rotatable bonds is 12. The van der Waals surface area contributed by atoms with Crippen molar-refractivity contribution in [3.8, 4) is 5.75 Å². The lowest BCUT2D eigenvalue weighted by molar-refractivity contribution is -0.397. The van der Waals surface area contributed by atoms with Crippen LogP contribution in [0.3, 0.4) is 0 Å². The van der Waals surface area contributed by atoms with Crippen LogP contribution in [-0.4, -0.2) is 57.0 Å². The molecule has 0 spiro atoms. The third-order valence-corrected chi connectivity index (χ3v) is 5.43. The van der Waals surface area contributed by atoms with Crippen molar-refractivity contribution in [2.45, 2.75) is 31.9 Å². The summed E-state index contributed by atoms with van der Waals surface area (Å²) in [4.78, 5) is 38.8. The molecule has 2 unspecified atom stereocenters. The summed E-state index contributed by atoms with van der Waals surface area (Å²) in [5.74, 6) is -0.600. The monoisotopic (exact) mass is 474 g/mol. The van der Waals surface area contributed by atoms with E-state index in [0.29, 0.717) is 29.6 Å². The van der Waals surface area contributed by atoms with Crippen LogP contribution in [0.1, 0.15) is 29.6 Å². The van der Waals surface area contributed by atoms with Crippen molar-refractivity contribution in [2.24, 2.45) is 5.92 Å². The van der Waals surface area contributed by atoms with Crippen molar-refractivity contribution in [2.75, 3.05) is 20.3 Å². The molecule has 3 aromatic rings. The molecule has 34 heavy (non-hydrogen) atoms. The molecular weight excluding hydrogens is 448 g/mol. The third kappa shape index (κ3) is 6.17. The minimum absolute atomic E-state index is 0.0203. The zero-order chi connectivity index (χ0) is 24.7. The van der Waals surface area contributed by atoms with E-state index in [4.69, 9.17) is 9.15 Å². The minimum atomic E-state index is -0.912. The SMILES string of the molecule is COc1ccc2cc(C(=O)NCCC(CCO)CC(O)Cn3ccnc3[N+](=O)[O-])c(=O)oc2c1. The third-order valence-electron chi connectivity index (χ3n) is 5.43. The summed E-state index contributed by atoms with van der Waals surface area (Å²) in [6.45, 7) is 0.0589. The Bertz CT molecular complexity index is 1210. The number of benzene rings is 1. The molecule has 12 heteroatoms. The molecule has 0 aliphatic rings. The maximum Gasteiger partial charge on any atom is 0.434 e. The highest BCUT2D eigenvalue weighted by atomic mass is 16.6. The van der Waals surface area contributed by atoms with Crippen molar-refractivity contribution in [1.29, 1.82) is 0 Å². The number of aliphatic hydroxyl groups is 2. The van der Waals surface area contributed by atoms with Crippen molar-refractivity contribution in [3.05, 3.63) is 62.8 Å². The van der Waals surface area contributed by atoms with Gasteiger partial charge in [0, 0.05) is 24.6 Å². The fraction of sp³-hybridized carbons (Fsp3) is 0.409. The molecule has 0 bridgehead atoms. The zero-order valence-corrected chi connectivity index (χ0v) is 18.5. The molecule has 0 aliphatic heterocycles. The number of fused-ring (bicyclic) bond motifs is 1. The number of carbonyl (C=O) groups excluding carboxylic acids is 1. The first kappa shape index (κ1) is 24.9. The fourth-order valence-electron chi connectivity index (χ4n) is 3.73. The number of aromatic nitrogens is 2. The van der Waals surface area contributed by atoms with E-state index >= 15 is 0 Å². The Morgan fingerprint density at radius 2 is 2.15 bits per heavy atom. The molecule has 0 fully saturated rings. The van der Waals surface area contributed by atoms with Gasteiger partial charge in [0.25, 0.3) is 5.91 Å². The Balaban J connectivity index is 1.57. The summed E-state index contributed by atoms with van der Waals surface area (Å²) in [5, 5.41) is 33.9. The van der Waals surface area contributed by atoms with Gasteiger partial charge in [-0.1, -0.05) is 4.98 Å². The Kier molecular flexibility index (Phi) is 8.33. The minimum Gasteiger partial charge on any atom is -0.497 e. The van der Waals surface area contributed by atoms with Crippen LogP contribution in [0.25, 0.3) is 11.0 Å². The lowest BCUT2D eigenvalue weighted by Crippen LogP contribution is -2.31. The summed E-state index contributed by atoms with van der Waals surface area (Å²) < 4.78 is 11.6. The van der Waals surface area contributed by atoms with E-state index in [-0.39, 0.29) is 43.5 Å². The van der Waals surface area contributed by atoms with E-state index in [0.717, 1.165) is 0 Å². The predicted molar refractivity (Wildman–Crippen MR) is 121 cm³/mol. The molecule has 1 aromatic carbocycles. The maximum atomic E-state index is 12.5. The number of hydrogen-bond acceptors (Lipinski definition) is 9. The highest BCUT2D eigenvalue weighted by Crippen LogP contribution is 2.21. The normalized spacial score (nSPS) is 12.9. The largest absolute Gasteiger partial charge is 0.497 e. The molecule has 182 valence electrons. The maximum absolute atomic E-state index is 12.5. The van der Waals surface area contributed by atoms with Crippen molar-refractivity contribution in [3.63, 3.8) is 0 Å². The van der Waals surface area contributed by atoms with Gasteiger partial charge in [-0.2, -0.15) is 0 Å². The van der Waals surface area contributed by atoms with Gasteiger partial charge in [0.15, 0.2) is 0 Å². The van der Waals surface area contributed by atoms with E-state index in [1.807, 2.05) is 0 Å². The van der Waals surface area contributed by atoms with Crippen LogP contribution in [0.2, 0.25) is 0 Å². The number of hydrogen-bond donors (Lipinski definition) is 3. The molecule has 0 saturated carbocycles. The summed E-state index contributed by atoms with van der Waals surface area (Å²) >= 11 is 0. The van der Waals surface area contributed by atoms with Gasteiger partial charge in [-0.05, 0) is 48.3 Å². The number of ether oxygens (including phenoxy) is 1. The van der Waals surface area contributed by atoms with Crippen molar-refractivity contribution < 1.29 is 29.1 Å². The number of aliphatic hydroxyl groups excluding tert-OH is 2. The van der Waals surface area contributed by atoms with Gasteiger partial charge in [-0.25, -0.2) is 9.36 Å². The lowest BCUT2D eigenvalue weighted by Gasteiger charge is -2.19. The fourth-order valence-corrected chi connectivity index (χ4v) is 3.73. The molecule has 12 nitrogen and oxygen atoms in total. The van der Waals surface area contributed by atoms with Gasteiger partial charge < -0.3 is 34.8 Å². The molecule has 3 N–H and O–H groups in total. The van der Waals surface area contributed by atoms with Gasteiger partial charge in [0.05, 0.1) is 19.8 Å². The second-order valence-corrected chi connectivity index (χ2v) is 7.80. The first-order valence-electron chi connectivity index (χ1n) is 10.7. The molecule has 2 atom stereocenters. The van der Waals surface area contributed by atoms with Gasteiger partial charge in [0.1, 0.15) is 29.3 Å². The van der Waals surface area contributed by atoms with Crippen molar-refractivity contribution in [1.82, 2.24) is 14.9 Å². The number of nitrogens with zero attached hydrogens (tertiary/aromatic N) is 3. The standard InChI is InChI=1S/C22H26N4O8/c1-33-17-3-2-15-11-18(21(30)34-19(15)12-17)20(29)23-6-4-14(5-9-27)10-16(28)13-25-8-7-24-22(25)26(31)32/h2-3,7-8,11-12,14,16,27-28H,4-6,9-10,13H2,1H3,(H,23,29). The lowest BCUT2D eigenvalue weighted by atomic mass is 9.94. The Labute approximate surface area is 193 Å². The molecule has 0 saturated heterocycles. The quantitative estimate of drug-likeness (QED) is 0.200. The van der Waals surface area contributed by atoms with Crippen LogP contribution in [0.5, 0.6) is 5.75 Å². The Hall–Kier alpha value is -3.77. The number of nitro groups is 1. The Morgan fingerprint density at radius 3 is 2.85 bits per heavy atom. The Morgan fingerprint density at radius 1 is 1.35 bits per heavy atom. The highest BCUT2D eigenvalue weighted by molar-refractivity contribution is 5.96. The first-order chi connectivity index (χ1) is 16.3. The van der Waals surface area contributed by atoms with Crippen LogP contribution in [0.4, 0.5) is 5.95 Å². The van der Waals surface area contributed by atoms with Crippen molar-refractivity contribution >= 4 is 22.8 Å². The highest BCUT2D eigenvalue weighted by Gasteiger charge is 2.21. The molecular formula is C22H26N4O8. The van der Waals surface area contributed by atoms with Gasteiger partial charge >= 0.3 is 11.6 Å². The van der Waals surface area contributed by atoms with E-state index in [1.54, 1.807) is 18.2 Å². The summed E-state index contributed by atoms with van der Waals surface area (Å²) in [6, 6.07) is 6.37. The van der Waals surface area contributed by atoms with E-state index in [1.165, 1.54) is 30.1 Å². The van der Waals surface area contributed by atoms with E-state index < -0.39 is 22.6 Å². The summed E-state index contributed by atoms with van der Waals surface area (Å²) in [7, 11) is 1.49. The number of methoxy groups -OCH3 is 1. The zero-order valence-electron chi connectivity index (χ0n) is 18.5. The number of carbonyl (C=O) groups is 1. The van der Waals surface area contributed by atoms with E-state index in [9.17, 15) is 29.9 Å². The van der Waals surface area contributed by atoms with Gasteiger partial charge in [0.2, 0.25) is 0 Å². The second kappa shape index (κ2) is 11.4. The predicted octanol–water partition coefficient (Wildman–Crippen LogP) is 1.48. The van der Waals surface area contributed by atoms with Crippen LogP contribution >= 0.6 is 0 Å². The van der Waals surface area contributed by atoms with E-state index in [2.05, 4.69) is 10.3 Å². The molecule has 0 aliphatic carbocycles. The van der Waals surface area contributed by atoms with Crippen LogP contribution in [-0.2, 0) is 6.54 Å². The first-order valence-corrected chi connectivity index (χ1v) is 10.7. The van der Waals surface area contributed by atoms with Crippen LogP contribution in [0, 0.1) is 16.0 Å². The number of nitrogens with one attached hydrogen (secondary N) is 1. The number of imidazole rings is 1. The average Bonchev–Trinajstić information content (AvgIpc) is 3.26. The molecule has 2 heterocycles. The van der Waals surface area contributed by atoms with Gasteiger partial charge in [-0.15, -0.1) is 0 Å². The van der Waals surface area contributed by atoms with Crippen LogP contribution < -0.4 is 15.7 Å². The smallest absolute Gasteiger partial charge is 0.434 e. The van der Waals surface area contributed by atoms with Gasteiger partial charge in [-0.3, -0.25) is 4.79 Å². The number of amides is 1. The molecule has 0 radical (unpaired) electrons. The molecule has 2 aromatic heterocycles. The summed E-state index contributed by atoms with van der Waals surface area (Å²) in [5.41, 5.74) is -0.609. The average molecular weight is 474 g/mol. The summed E-state index contributed by atoms with van der Waals surface area (Å²) in [6.07, 6.45) is 2.83. The second-order valence-electron chi connectivity index (χ2n) is 7.80. The molecule has 1 amide bonds. The van der Waals surface area contributed by atoms with Crippen LogP contribution in [0.15, 0.2) is 45.9 Å².